The number of rotatable bonds is 5. The lowest BCUT2D eigenvalue weighted by atomic mass is 10.1. The highest BCUT2D eigenvalue weighted by Crippen LogP contribution is 2.14. The Kier molecular flexibility index (Phi) is 5.40. The molecule has 1 aliphatic heterocycles. The van der Waals surface area contributed by atoms with Gasteiger partial charge in [-0.2, -0.15) is 0 Å². The predicted molar refractivity (Wildman–Crippen MR) is 89.8 cm³/mol. The molecular weight excluding hydrogens is 323 g/mol. The van der Waals surface area contributed by atoms with Gasteiger partial charge < -0.3 is 15.0 Å². The molecule has 3 rings (SSSR count). The van der Waals surface area contributed by atoms with Gasteiger partial charge in [-0.15, -0.1) is 0 Å². The fourth-order valence-electron chi connectivity index (χ4n) is 2.74. The van der Waals surface area contributed by atoms with E-state index in [9.17, 15) is 14.0 Å². The van der Waals surface area contributed by atoms with Crippen LogP contribution >= 0.6 is 0 Å². The van der Waals surface area contributed by atoms with Gasteiger partial charge in [0, 0.05) is 18.7 Å². The van der Waals surface area contributed by atoms with Crippen LogP contribution in [0.3, 0.4) is 0 Å². The zero-order valence-corrected chi connectivity index (χ0v) is 13.7. The van der Waals surface area contributed by atoms with Gasteiger partial charge in [-0.1, -0.05) is 48.5 Å². The van der Waals surface area contributed by atoms with Crippen LogP contribution in [0, 0.1) is 5.82 Å². The van der Waals surface area contributed by atoms with E-state index in [-0.39, 0.29) is 37.4 Å². The quantitative estimate of drug-likeness (QED) is 0.902. The molecule has 0 bridgehead atoms. The Balaban J connectivity index is 1.68. The summed E-state index contributed by atoms with van der Waals surface area (Å²) in [5, 5.41) is 2.69. The molecule has 2 amide bonds. The van der Waals surface area contributed by atoms with Gasteiger partial charge in [0.05, 0.1) is 6.61 Å². The molecule has 1 aliphatic rings. The molecule has 0 unspecified atom stereocenters. The smallest absolute Gasteiger partial charge is 0.249 e. The Morgan fingerprint density at radius 2 is 1.88 bits per heavy atom. The number of hydrogen-bond donors (Lipinski definition) is 1. The summed E-state index contributed by atoms with van der Waals surface area (Å²) in [6, 6.07) is 15.0. The lowest BCUT2D eigenvalue weighted by Gasteiger charge is -2.34. The summed E-state index contributed by atoms with van der Waals surface area (Å²) >= 11 is 0. The first-order valence-corrected chi connectivity index (χ1v) is 8.07. The Hall–Kier alpha value is -2.73. The number of carbonyl (C=O) groups is 2. The molecule has 6 heteroatoms. The van der Waals surface area contributed by atoms with Crippen LogP contribution in [0.4, 0.5) is 4.39 Å². The van der Waals surface area contributed by atoms with Crippen LogP contribution in [0.25, 0.3) is 0 Å². The Morgan fingerprint density at radius 1 is 1.16 bits per heavy atom. The average molecular weight is 342 g/mol. The summed E-state index contributed by atoms with van der Waals surface area (Å²) in [6.07, 6.45) is 0. The highest BCUT2D eigenvalue weighted by Gasteiger charge is 2.33. The van der Waals surface area contributed by atoms with Crippen molar-refractivity contribution in [2.45, 2.75) is 19.1 Å². The van der Waals surface area contributed by atoms with Gasteiger partial charge in [0.15, 0.2) is 0 Å². The van der Waals surface area contributed by atoms with Crippen LogP contribution < -0.4 is 5.32 Å². The first-order valence-electron chi connectivity index (χ1n) is 8.07. The first-order chi connectivity index (χ1) is 12.1. The van der Waals surface area contributed by atoms with Gasteiger partial charge in [-0.05, 0) is 11.6 Å². The van der Waals surface area contributed by atoms with Gasteiger partial charge in [-0.3, -0.25) is 9.59 Å². The third-order valence-corrected chi connectivity index (χ3v) is 4.11. The summed E-state index contributed by atoms with van der Waals surface area (Å²) < 4.78 is 18.9. The van der Waals surface area contributed by atoms with E-state index in [1.54, 1.807) is 18.2 Å². The van der Waals surface area contributed by atoms with E-state index < -0.39 is 6.04 Å². The van der Waals surface area contributed by atoms with Crippen molar-refractivity contribution < 1.29 is 18.7 Å². The maximum atomic E-state index is 13.7. The van der Waals surface area contributed by atoms with Crippen molar-refractivity contribution in [3.63, 3.8) is 0 Å². The van der Waals surface area contributed by atoms with Crippen molar-refractivity contribution in [3.8, 4) is 0 Å². The van der Waals surface area contributed by atoms with E-state index in [2.05, 4.69) is 5.32 Å². The SMILES string of the molecule is O=C(NCc1ccccc1F)[C@@H]1COCC(=O)N1Cc1ccccc1. The molecule has 25 heavy (non-hydrogen) atoms. The van der Waals surface area contributed by atoms with E-state index >= 15 is 0 Å². The molecule has 130 valence electrons. The number of ether oxygens (including phenoxy) is 1. The molecule has 1 heterocycles. The monoisotopic (exact) mass is 342 g/mol. The average Bonchev–Trinajstić information content (AvgIpc) is 2.63. The lowest BCUT2D eigenvalue weighted by Crippen LogP contribution is -2.55. The van der Waals surface area contributed by atoms with Crippen molar-refractivity contribution in [2.75, 3.05) is 13.2 Å². The fourth-order valence-corrected chi connectivity index (χ4v) is 2.74. The number of amides is 2. The van der Waals surface area contributed by atoms with Gasteiger partial charge in [0.25, 0.3) is 0 Å². The number of hydrogen-bond acceptors (Lipinski definition) is 3. The van der Waals surface area contributed by atoms with Crippen molar-refractivity contribution in [2.24, 2.45) is 0 Å². The van der Waals surface area contributed by atoms with Crippen LogP contribution in [0.15, 0.2) is 54.6 Å². The summed E-state index contributed by atoms with van der Waals surface area (Å²) in [6.45, 7) is 0.488. The predicted octanol–water partition coefficient (Wildman–Crippen LogP) is 1.87. The molecular formula is C19H19FN2O3. The van der Waals surface area contributed by atoms with Crippen molar-refractivity contribution in [3.05, 3.63) is 71.5 Å². The molecule has 1 atom stereocenters. The normalized spacial score (nSPS) is 17.4. The zero-order chi connectivity index (χ0) is 17.6. The lowest BCUT2D eigenvalue weighted by molar-refractivity contribution is -0.155. The molecule has 0 saturated carbocycles. The Bertz CT molecular complexity index is 751. The highest BCUT2D eigenvalue weighted by molar-refractivity contribution is 5.89. The Labute approximate surface area is 145 Å². The number of carbonyl (C=O) groups excluding carboxylic acids is 2. The topological polar surface area (TPSA) is 58.6 Å². The van der Waals surface area contributed by atoms with Crippen LogP contribution in [0.1, 0.15) is 11.1 Å². The third kappa shape index (κ3) is 4.22. The van der Waals surface area contributed by atoms with Crippen molar-refractivity contribution >= 4 is 11.8 Å². The van der Waals surface area contributed by atoms with Crippen molar-refractivity contribution in [1.29, 1.82) is 0 Å². The largest absolute Gasteiger partial charge is 0.369 e. The number of nitrogens with zero attached hydrogens (tertiary/aromatic N) is 1. The number of halogens is 1. The second kappa shape index (κ2) is 7.90. The van der Waals surface area contributed by atoms with E-state index in [4.69, 9.17) is 4.74 Å². The number of benzene rings is 2. The minimum atomic E-state index is -0.728. The van der Waals surface area contributed by atoms with Crippen LogP contribution in [0.5, 0.6) is 0 Å². The first kappa shape index (κ1) is 17.1. The van der Waals surface area contributed by atoms with Gasteiger partial charge in [0.2, 0.25) is 11.8 Å². The maximum absolute atomic E-state index is 13.7. The summed E-state index contributed by atoms with van der Waals surface area (Å²) in [7, 11) is 0. The van der Waals surface area contributed by atoms with Crippen LogP contribution in [-0.2, 0) is 27.4 Å². The second-order valence-corrected chi connectivity index (χ2v) is 5.85. The standard InChI is InChI=1S/C19H19FN2O3/c20-16-9-5-4-8-15(16)10-21-19(24)17-12-25-13-18(23)22(17)11-14-6-2-1-3-7-14/h1-9,17H,10-13H2,(H,21,24)/t17-/m0/s1. The van der Waals surface area contributed by atoms with E-state index in [0.29, 0.717) is 12.1 Å². The molecule has 1 fully saturated rings. The second-order valence-electron chi connectivity index (χ2n) is 5.85. The molecule has 5 nitrogen and oxygen atoms in total. The van der Waals surface area contributed by atoms with Crippen molar-refractivity contribution in [1.82, 2.24) is 10.2 Å². The molecule has 0 spiro atoms. The molecule has 1 saturated heterocycles. The van der Waals surface area contributed by atoms with E-state index in [0.717, 1.165) is 5.56 Å². The van der Waals surface area contributed by atoms with E-state index in [1.165, 1.54) is 11.0 Å². The third-order valence-electron chi connectivity index (χ3n) is 4.11. The number of morpholine rings is 1. The summed E-state index contributed by atoms with van der Waals surface area (Å²) in [4.78, 5) is 26.2. The van der Waals surface area contributed by atoms with Gasteiger partial charge in [0.1, 0.15) is 18.5 Å². The molecule has 0 radical (unpaired) electrons. The summed E-state index contributed by atoms with van der Waals surface area (Å²) in [5.74, 6) is -0.965. The van der Waals surface area contributed by atoms with Gasteiger partial charge >= 0.3 is 0 Å². The minimum Gasteiger partial charge on any atom is -0.369 e. The summed E-state index contributed by atoms with van der Waals surface area (Å²) in [5.41, 5.74) is 1.33. The molecule has 2 aromatic rings. The van der Waals surface area contributed by atoms with E-state index in [1.807, 2.05) is 30.3 Å². The minimum absolute atomic E-state index is 0.0378. The fraction of sp³-hybridized carbons (Fsp3) is 0.263. The maximum Gasteiger partial charge on any atom is 0.249 e. The zero-order valence-electron chi connectivity index (χ0n) is 13.7. The van der Waals surface area contributed by atoms with Crippen LogP contribution in [-0.4, -0.2) is 36.0 Å². The molecule has 0 aliphatic carbocycles. The Morgan fingerprint density at radius 3 is 2.64 bits per heavy atom. The molecule has 1 N–H and O–H groups in total. The van der Waals surface area contributed by atoms with Gasteiger partial charge in [-0.25, -0.2) is 4.39 Å². The molecule has 0 aromatic heterocycles. The highest BCUT2D eigenvalue weighted by atomic mass is 19.1. The number of nitrogens with one attached hydrogen (secondary N) is 1. The van der Waals surface area contributed by atoms with Crippen LogP contribution in [0.2, 0.25) is 0 Å². The molecule has 2 aromatic carbocycles.